The van der Waals surface area contributed by atoms with Crippen molar-refractivity contribution in [2.75, 3.05) is 12.9 Å². The van der Waals surface area contributed by atoms with Gasteiger partial charge in [0.05, 0.1) is 18.1 Å². The predicted molar refractivity (Wildman–Crippen MR) is 105 cm³/mol. The lowest BCUT2D eigenvalue weighted by atomic mass is 9.83. The quantitative estimate of drug-likeness (QED) is 0.562. The minimum Gasteiger partial charge on any atom is -0.463 e. The van der Waals surface area contributed by atoms with Crippen LogP contribution in [-0.2, 0) is 14.3 Å². The number of aromatic nitrogens is 1. The minimum atomic E-state index is -0.545. The van der Waals surface area contributed by atoms with E-state index in [1.165, 1.54) is 0 Å². The van der Waals surface area contributed by atoms with Crippen LogP contribution < -0.4 is 0 Å². The molecule has 1 aliphatic rings. The van der Waals surface area contributed by atoms with Crippen LogP contribution in [0.4, 0.5) is 0 Å². The normalized spacial score (nSPS) is 16.7. The van der Waals surface area contributed by atoms with Crippen LogP contribution in [0.1, 0.15) is 25.3 Å². The van der Waals surface area contributed by atoms with Crippen molar-refractivity contribution in [3.8, 4) is 6.07 Å². The Morgan fingerprint density at radius 2 is 1.96 bits per heavy atom. The third kappa shape index (κ3) is 3.64. The molecule has 0 saturated heterocycles. The summed E-state index contributed by atoms with van der Waals surface area (Å²) in [6, 6.07) is 13.8. The standard InChI is InChI=1S/C21H20N2O3S/c1-4-25-21(24)18-14(2)26-20(23-11-5-6-12-23)17(13-22)19(18)15-7-9-16(27-3)10-8-15/h5-12,19H,4H2,1-3H3/t19-/m0/s1. The summed E-state index contributed by atoms with van der Waals surface area (Å²) in [6.45, 7) is 3.74. The highest BCUT2D eigenvalue weighted by atomic mass is 32.2. The summed E-state index contributed by atoms with van der Waals surface area (Å²) < 4.78 is 12.9. The second-order valence-electron chi connectivity index (χ2n) is 5.92. The molecule has 0 spiro atoms. The molecular formula is C21H20N2O3S. The number of esters is 1. The molecule has 0 fully saturated rings. The first-order valence-electron chi connectivity index (χ1n) is 8.58. The predicted octanol–water partition coefficient (Wildman–Crippen LogP) is 4.55. The van der Waals surface area contributed by atoms with E-state index in [0.717, 1.165) is 10.5 Å². The van der Waals surface area contributed by atoms with E-state index >= 15 is 0 Å². The van der Waals surface area contributed by atoms with Crippen LogP contribution in [0.5, 0.6) is 0 Å². The van der Waals surface area contributed by atoms with E-state index in [9.17, 15) is 10.1 Å². The van der Waals surface area contributed by atoms with Crippen LogP contribution in [0, 0.1) is 11.3 Å². The molecule has 0 amide bonds. The molecule has 0 aliphatic carbocycles. The van der Waals surface area contributed by atoms with Crippen molar-refractivity contribution in [1.29, 1.82) is 5.26 Å². The number of ether oxygens (including phenoxy) is 2. The van der Waals surface area contributed by atoms with Gasteiger partial charge < -0.3 is 9.47 Å². The van der Waals surface area contributed by atoms with Crippen LogP contribution in [0.25, 0.3) is 5.88 Å². The Labute approximate surface area is 162 Å². The summed E-state index contributed by atoms with van der Waals surface area (Å²) in [7, 11) is 0. The van der Waals surface area contributed by atoms with Crippen molar-refractivity contribution < 1.29 is 14.3 Å². The van der Waals surface area contributed by atoms with E-state index in [1.54, 1.807) is 30.2 Å². The molecule has 0 N–H and O–H groups in total. The maximum Gasteiger partial charge on any atom is 0.338 e. The highest BCUT2D eigenvalue weighted by Gasteiger charge is 2.37. The van der Waals surface area contributed by atoms with Crippen molar-refractivity contribution >= 4 is 23.6 Å². The first-order chi connectivity index (χ1) is 13.1. The second-order valence-corrected chi connectivity index (χ2v) is 6.80. The van der Waals surface area contributed by atoms with Crippen LogP contribution in [-0.4, -0.2) is 23.4 Å². The average molecular weight is 380 g/mol. The van der Waals surface area contributed by atoms with Gasteiger partial charge in [-0.15, -0.1) is 11.8 Å². The molecule has 1 aromatic heterocycles. The molecule has 0 unspecified atom stereocenters. The van der Waals surface area contributed by atoms with E-state index in [-0.39, 0.29) is 6.61 Å². The number of rotatable bonds is 5. The molecule has 1 aliphatic heterocycles. The van der Waals surface area contributed by atoms with Gasteiger partial charge in [0.25, 0.3) is 0 Å². The van der Waals surface area contributed by atoms with Crippen LogP contribution in [0.2, 0.25) is 0 Å². The molecule has 27 heavy (non-hydrogen) atoms. The Morgan fingerprint density at radius 1 is 1.30 bits per heavy atom. The van der Waals surface area contributed by atoms with Gasteiger partial charge in [-0.1, -0.05) is 12.1 Å². The summed E-state index contributed by atoms with van der Waals surface area (Å²) in [4.78, 5) is 13.8. The van der Waals surface area contributed by atoms with E-state index in [0.29, 0.717) is 22.8 Å². The summed E-state index contributed by atoms with van der Waals surface area (Å²) in [5, 5.41) is 9.93. The van der Waals surface area contributed by atoms with Gasteiger partial charge in [-0.2, -0.15) is 5.26 Å². The summed E-state index contributed by atoms with van der Waals surface area (Å²) >= 11 is 1.64. The Balaban J connectivity index is 2.19. The van der Waals surface area contributed by atoms with Crippen LogP contribution >= 0.6 is 11.8 Å². The third-order valence-corrected chi connectivity index (χ3v) is 5.08. The van der Waals surface area contributed by atoms with Crippen molar-refractivity contribution in [3.63, 3.8) is 0 Å². The first-order valence-corrected chi connectivity index (χ1v) is 9.80. The molecule has 0 bridgehead atoms. The number of carbonyl (C=O) groups excluding carboxylic acids is 1. The van der Waals surface area contributed by atoms with Crippen molar-refractivity contribution in [1.82, 2.24) is 4.57 Å². The zero-order valence-corrected chi connectivity index (χ0v) is 16.2. The Hall–Kier alpha value is -2.91. The minimum absolute atomic E-state index is 0.254. The van der Waals surface area contributed by atoms with Gasteiger partial charge >= 0.3 is 5.97 Å². The smallest absolute Gasteiger partial charge is 0.338 e. The highest BCUT2D eigenvalue weighted by molar-refractivity contribution is 7.98. The molecule has 3 rings (SSSR count). The van der Waals surface area contributed by atoms with Gasteiger partial charge in [-0.05, 0) is 49.9 Å². The molecule has 1 aromatic carbocycles. The zero-order valence-electron chi connectivity index (χ0n) is 15.4. The fourth-order valence-electron chi connectivity index (χ4n) is 3.10. The summed E-state index contributed by atoms with van der Waals surface area (Å²) in [5.74, 6) is -0.161. The van der Waals surface area contributed by atoms with Gasteiger partial charge in [0.2, 0.25) is 5.88 Å². The average Bonchev–Trinajstić information content (AvgIpc) is 3.22. The lowest BCUT2D eigenvalue weighted by Crippen LogP contribution is -2.24. The molecular weight excluding hydrogens is 360 g/mol. The van der Waals surface area contributed by atoms with E-state index in [2.05, 4.69) is 6.07 Å². The van der Waals surface area contributed by atoms with E-state index in [4.69, 9.17) is 9.47 Å². The van der Waals surface area contributed by atoms with Crippen molar-refractivity contribution in [2.24, 2.45) is 0 Å². The third-order valence-electron chi connectivity index (χ3n) is 4.34. The van der Waals surface area contributed by atoms with Gasteiger partial charge in [0, 0.05) is 17.3 Å². The highest BCUT2D eigenvalue weighted by Crippen LogP contribution is 2.42. The SMILES string of the molecule is CCOC(=O)C1=C(C)OC(n2cccc2)=C(C#N)[C@@H]1c1ccc(SC)cc1. The fraction of sp³-hybridized carbons (Fsp3) is 0.238. The van der Waals surface area contributed by atoms with Crippen LogP contribution in [0.15, 0.2) is 70.6 Å². The summed E-state index contributed by atoms with van der Waals surface area (Å²) in [5.41, 5.74) is 1.58. The first kappa shape index (κ1) is 18.9. The topological polar surface area (TPSA) is 64.2 Å². The van der Waals surface area contributed by atoms with Crippen molar-refractivity contribution in [2.45, 2.75) is 24.7 Å². The zero-order chi connectivity index (χ0) is 19.4. The maximum atomic E-state index is 12.7. The lowest BCUT2D eigenvalue weighted by molar-refractivity contribution is -0.139. The molecule has 5 nitrogen and oxygen atoms in total. The number of hydrogen-bond acceptors (Lipinski definition) is 5. The number of hydrogen-bond donors (Lipinski definition) is 0. The molecule has 2 heterocycles. The summed E-state index contributed by atoms with van der Waals surface area (Å²) in [6.07, 6.45) is 5.62. The molecule has 1 atom stereocenters. The molecule has 0 radical (unpaired) electrons. The number of thioether (sulfide) groups is 1. The fourth-order valence-corrected chi connectivity index (χ4v) is 3.51. The van der Waals surface area contributed by atoms with Crippen molar-refractivity contribution in [3.05, 3.63) is 71.3 Å². The largest absolute Gasteiger partial charge is 0.463 e. The van der Waals surface area contributed by atoms with Gasteiger partial charge in [0.15, 0.2) is 0 Å². The molecule has 138 valence electrons. The van der Waals surface area contributed by atoms with Crippen LogP contribution in [0.3, 0.4) is 0 Å². The number of nitriles is 1. The molecule has 6 heteroatoms. The maximum absolute atomic E-state index is 12.7. The van der Waals surface area contributed by atoms with Gasteiger partial charge in [-0.25, -0.2) is 4.79 Å². The number of benzene rings is 1. The Morgan fingerprint density at radius 3 is 2.52 bits per heavy atom. The second kappa shape index (κ2) is 8.19. The lowest BCUT2D eigenvalue weighted by Gasteiger charge is -2.28. The van der Waals surface area contributed by atoms with Gasteiger partial charge in [0.1, 0.15) is 17.4 Å². The molecule has 2 aromatic rings. The van der Waals surface area contributed by atoms with E-state index < -0.39 is 11.9 Å². The number of nitrogens with zero attached hydrogens (tertiary/aromatic N) is 2. The van der Waals surface area contributed by atoms with Gasteiger partial charge in [-0.3, -0.25) is 4.57 Å². The Bertz CT molecular complexity index is 935. The number of allylic oxidation sites excluding steroid dienone is 2. The monoisotopic (exact) mass is 380 g/mol. The Kier molecular flexibility index (Phi) is 5.72. The number of carbonyl (C=O) groups is 1. The molecule has 0 saturated carbocycles. The van der Waals surface area contributed by atoms with E-state index in [1.807, 2.05) is 55.0 Å².